The zero-order chi connectivity index (χ0) is 13.3. The fourth-order valence-electron chi connectivity index (χ4n) is 1.76. The van der Waals surface area contributed by atoms with Gasteiger partial charge in [0.25, 0.3) is 0 Å². The second-order valence-corrected chi connectivity index (χ2v) is 5.12. The SMILES string of the molecule is CC(O)C(C)(C)Nc1ccc(N)c2ncccc12. The molecule has 0 radical (unpaired) electrons. The minimum atomic E-state index is -0.471. The van der Waals surface area contributed by atoms with E-state index in [-0.39, 0.29) is 0 Å². The number of rotatable bonds is 3. The first kappa shape index (κ1) is 12.6. The van der Waals surface area contributed by atoms with Crippen molar-refractivity contribution >= 4 is 22.3 Å². The zero-order valence-corrected chi connectivity index (χ0v) is 10.9. The molecule has 0 bridgehead atoms. The molecule has 4 heteroatoms. The third-order valence-electron chi connectivity index (χ3n) is 3.30. The summed E-state index contributed by atoms with van der Waals surface area (Å²) in [5.41, 5.74) is 7.86. The normalized spacial score (nSPS) is 13.6. The second kappa shape index (κ2) is 4.46. The molecule has 0 saturated carbocycles. The Hall–Kier alpha value is -1.81. The third kappa shape index (κ3) is 2.24. The first-order chi connectivity index (χ1) is 8.42. The summed E-state index contributed by atoms with van der Waals surface area (Å²) in [7, 11) is 0. The molecule has 96 valence electrons. The molecule has 0 fully saturated rings. The molecule has 0 aliphatic rings. The molecule has 18 heavy (non-hydrogen) atoms. The van der Waals surface area contributed by atoms with Gasteiger partial charge in [-0.3, -0.25) is 4.98 Å². The van der Waals surface area contributed by atoms with Crippen LogP contribution in [0, 0.1) is 0 Å². The minimum absolute atomic E-state index is 0.418. The van der Waals surface area contributed by atoms with Crippen LogP contribution >= 0.6 is 0 Å². The summed E-state index contributed by atoms with van der Waals surface area (Å²) in [6.45, 7) is 5.68. The van der Waals surface area contributed by atoms with Gasteiger partial charge in [-0.05, 0) is 45.0 Å². The fourth-order valence-corrected chi connectivity index (χ4v) is 1.76. The number of nitrogens with two attached hydrogens (primary N) is 1. The van der Waals surface area contributed by atoms with Gasteiger partial charge in [-0.15, -0.1) is 0 Å². The van der Waals surface area contributed by atoms with Crippen molar-refractivity contribution in [3.8, 4) is 0 Å². The maximum absolute atomic E-state index is 9.77. The molecule has 4 N–H and O–H groups in total. The van der Waals surface area contributed by atoms with Gasteiger partial charge in [-0.2, -0.15) is 0 Å². The van der Waals surface area contributed by atoms with E-state index in [0.29, 0.717) is 5.69 Å². The molecule has 0 aliphatic carbocycles. The van der Waals surface area contributed by atoms with E-state index >= 15 is 0 Å². The summed E-state index contributed by atoms with van der Waals surface area (Å²) >= 11 is 0. The van der Waals surface area contributed by atoms with Crippen LogP contribution in [0.15, 0.2) is 30.5 Å². The maximum Gasteiger partial charge on any atom is 0.0951 e. The molecule has 0 spiro atoms. The Labute approximate surface area is 107 Å². The predicted octanol–water partition coefficient (Wildman–Crippen LogP) is 2.39. The molecule has 1 atom stereocenters. The molecule has 2 rings (SSSR count). The van der Waals surface area contributed by atoms with Gasteiger partial charge in [0, 0.05) is 17.3 Å². The van der Waals surface area contributed by atoms with Gasteiger partial charge in [0.15, 0.2) is 0 Å². The molecule has 0 amide bonds. The Kier molecular flexibility index (Phi) is 3.13. The van der Waals surface area contributed by atoms with Crippen LogP contribution in [0.5, 0.6) is 0 Å². The van der Waals surface area contributed by atoms with E-state index in [1.165, 1.54) is 0 Å². The van der Waals surface area contributed by atoms with E-state index in [4.69, 9.17) is 5.73 Å². The Morgan fingerprint density at radius 1 is 1.33 bits per heavy atom. The number of aliphatic hydroxyl groups excluding tert-OH is 1. The van der Waals surface area contributed by atoms with Gasteiger partial charge < -0.3 is 16.2 Å². The van der Waals surface area contributed by atoms with Crippen molar-refractivity contribution in [1.29, 1.82) is 0 Å². The van der Waals surface area contributed by atoms with E-state index in [9.17, 15) is 5.11 Å². The highest BCUT2D eigenvalue weighted by Gasteiger charge is 2.24. The molecule has 0 saturated heterocycles. The van der Waals surface area contributed by atoms with E-state index in [2.05, 4.69) is 10.3 Å². The van der Waals surface area contributed by atoms with Crippen LogP contribution in [0.1, 0.15) is 20.8 Å². The van der Waals surface area contributed by atoms with Crippen LogP contribution in [0.4, 0.5) is 11.4 Å². The van der Waals surface area contributed by atoms with Crippen LogP contribution in [-0.4, -0.2) is 21.7 Å². The Morgan fingerprint density at radius 2 is 2.06 bits per heavy atom. The lowest BCUT2D eigenvalue weighted by Crippen LogP contribution is -2.41. The number of nitrogen functional groups attached to an aromatic ring is 1. The number of anilines is 2. The van der Waals surface area contributed by atoms with E-state index in [1.807, 2.05) is 38.1 Å². The molecule has 0 aliphatic heterocycles. The molecular formula is C14H19N3O. The first-order valence-corrected chi connectivity index (χ1v) is 6.01. The number of nitrogens with one attached hydrogen (secondary N) is 1. The first-order valence-electron chi connectivity index (χ1n) is 6.01. The molecule has 1 heterocycles. The highest BCUT2D eigenvalue weighted by Crippen LogP contribution is 2.29. The standard InChI is InChI=1S/C14H19N3O/c1-9(18)14(2,3)17-12-7-6-11(15)13-10(12)5-4-8-16-13/h4-9,17-18H,15H2,1-3H3. The van der Waals surface area contributed by atoms with Gasteiger partial charge in [-0.25, -0.2) is 0 Å². The molecular weight excluding hydrogens is 226 g/mol. The van der Waals surface area contributed by atoms with Crippen molar-refractivity contribution in [2.45, 2.75) is 32.4 Å². The molecule has 4 nitrogen and oxygen atoms in total. The molecule has 1 aromatic carbocycles. The van der Waals surface area contributed by atoms with Gasteiger partial charge in [0.05, 0.1) is 22.8 Å². The predicted molar refractivity (Wildman–Crippen MR) is 75.5 cm³/mol. The zero-order valence-electron chi connectivity index (χ0n) is 10.9. The minimum Gasteiger partial charge on any atom is -0.397 e. The molecule has 1 aromatic heterocycles. The van der Waals surface area contributed by atoms with Crippen LogP contribution in [-0.2, 0) is 0 Å². The van der Waals surface area contributed by atoms with E-state index in [1.54, 1.807) is 13.1 Å². The second-order valence-electron chi connectivity index (χ2n) is 5.12. The fraction of sp³-hybridized carbons (Fsp3) is 0.357. The lowest BCUT2D eigenvalue weighted by atomic mass is 9.97. The smallest absolute Gasteiger partial charge is 0.0951 e. The number of aliphatic hydroxyl groups is 1. The number of fused-ring (bicyclic) bond motifs is 1. The van der Waals surface area contributed by atoms with Crippen molar-refractivity contribution in [2.24, 2.45) is 0 Å². The summed E-state index contributed by atoms with van der Waals surface area (Å²) < 4.78 is 0. The highest BCUT2D eigenvalue weighted by atomic mass is 16.3. The number of pyridine rings is 1. The Morgan fingerprint density at radius 3 is 2.72 bits per heavy atom. The van der Waals surface area contributed by atoms with Crippen LogP contribution in [0.25, 0.3) is 10.9 Å². The molecule has 2 aromatic rings. The van der Waals surface area contributed by atoms with Crippen LogP contribution in [0.3, 0.4) is 0 Å². The quantitative estimate of drug-likeness (QED) is 0.726. The lowest BCUT2D eigenvalue weighted by molar-refractivity contribution is 0.133. The Bertz CT molecular complexity index is 564. The van der Waals surface area contributed by atoms with Gasteiger partial charge in [-0.1, -0.05) is 0 Å². The molecule has 1 unspecified atom stereocenters. The third-order valence-corrected chi connectivity index (χ3v) is 3.30. The number of aromatic nitrogens is 1. The van der Waals surface area contributed by atoms with Crippen molar-refractivity contribution in [3.05, 3.63) is 30.5 Å². The average Bonchev–Trinajstić information content (AvgIpc) is 2.33. The average molecular weight is 245 g/mol. The summed E-state index contributed by atoms with van der Waals surface area (Å²) in [5.74, 6) is 0. The van der Waals surface area contributed by atoms with Crippen LogP contribution in [0.2, 0.25) is 0 Å². The van der Waals surface area contributed by atoms with Crippen LogP contribution < -0.4 is 11.1 Å². The maximum atomic E-state index is 9.77. The number of hydrogen-bond donors (Lipinski definition) is 3. The van der Waals surface area contributed by atoms with Crippen molar-refractivity contribution in [2.75, 3.05) is 11.1 Å². The summed E-state index contributed by atoms with van der Waals surface area (Å²) in [5, 5.41) is 14.1. The summed E-state index contributed by atoms with van der Waals surface area (Å²) in [4.78, 5) is 4.29. The van der Waals surface area contributed by atoms with Gasteiger partial charge in [0.1, 0.15) is 0 Å². The van der Waals surface area contributed by atoms with Crippen molar-refractivity contribution in [3.63, 3.8) is 0 Å². The Balaban J connectivity index is 2.50. The van der Waals surface area contributed by atoms with Crippen molar-refractivity contribution in [1.82, 2.24) is 4.98 Å². The lowest BCUT2D eigenvalue weighted by Gasteiger charge is -2.31. The van der Waals surface area contributed by atoms with E-state index in [0.717, 1.165) is 16.6 Å². The van der Waals surface area contributed by atoms with Gasteiger partial charge >= 0.3 is 0 Å². The topological polar surface area (TPSA) is 71.2 Å². The highest BCUT2D eigenvalue weighted by molar-refractivity contribution is 5.98. The largest absolute Gasteiger partial charge is 0.397 e. The van der Waals surface area contributed by atoms with E-state index < -0.39 is 11.6 Å². The number of nitrogens with zero attached hydrogens (tertiary/aromatic N) is 1. The van der Waals surface area contributed by atoms with Crippen molar-refractivity contribution < 1.29 is 5.11 Å². The van der Waals surface area contributed by atoms with Gasteiger partial charge in [0.2, 0.25) is 0 Å². The monoisotopic (exact) mass is 245 g/mol. The summed E-state index contributed by atoms with van der Waals surface area (Å²) in [6.07, 6.45) is 1.25. The summed E-state index contributed by atoms with van der Waals surface area (Å²) in [6, 6.07) is 7.60. The number of benzene rings is 1. The number of hydrogen-bond acceptors (Lipinski definition) is 4.